The van der Waals surface area contributed by atoms with Gasteiger partial charge in [-0.25, -0.2) is 4.79 Å². The number of carbonyl (C=O) groups excluding carboxylic acids is 1. The van der Waals surface area contributed by atoms with E-state index in [1.54, 1.807) is 6.92 Å². The molecule has 1 saturated carbocycles. The molecular formula is C28H42O3. The normalized spacial score (nSPS) is 20.0. The second-order valence-corrected chi connectivity index (χ2v) is 9.26. The van der Waals surface area contributed by atoms with Gasteiger partial charge < -0.3 is 9.84 Å². The van der Waals surface area contributed by atoms with Gasteiger partial charge in [0, 0.05) is 18.1 Å². The molecule has 1 unspecified atom stereocenters. The number of hydrogen-bond acceptors (Lipinski definition) is 3. The third-order valence-corrected chi connectivity index (χ3v) is 6.60. The molecule has 0 radical (unpaired) electrons. The first-order valence-electron chi connectivity index (χ1n) is 12.2. The highest BCUT2D eigenvalue weighted by atomic mass is 16.5. The summed E-state index contributed by atoms with van der Waals surface area (Å²) in [6, 6.07) is 9.02. The molecule has 1 aromatic rings. The Morgan fingerprint density at radius 2 is 1.81 bits per heavy atom. The van der Waals surface area contributed by atoms with E-state index in [0.717, 1.165) is 25.7 Å². The fourth-order valence-corrected chi connectivity index (χ4v) is 4.43. The van der Waals surface area contributed by atoms with Crippen molar-refractivity contribution in [3.8, 4) is 0 Å². The molecule has 1 N–H and O–H groups in total. The van der Waals surface area contributed by atoms with E-state index in [0.29, 0.717) is 17.4 Å². The molecule has 1 aliphatic rings. The van der Waals surface area contributed by atoms with Crippen LogP contribution in [0, 0.1) is 17.8 Å². The van der Waals surface area contributed by atoms with Crippen molar-refractivity contribution < 1.29 is 14.6 Å². The highest BCUT2D eigenvalue weighted by molar-refractivity contribution is 5.86. The van der Waals surface area contributed by atoms with Crippen LogP contribution in [0.15, 0.2) is 42.5 Å². The summed E-state index contributed by atoms with van der Waals surface area (Å²) in [6.45, 7) is 7.88. The molecule has 0 saturated heterocycles. The van der Waals surface area contributed by atoms with E-state index >= 15 is 0 Å². The van der Waals surface area contributed by atoms with E-state index in [4.69, 9.17) is 4.74 Å². The fraction of sp³-hybridized carbons (Fsp3) is 0.607. The molecule has 172 valence electrons. The second kappa shape index (κ2) is 14.2. The topological polar surface area (TPSA) is 46.5 Å². The van der Waals surface area contributed by atoms with Crippen molar-refractivity contribution in [1.29, 1.82) is 0 Å². The van der Waals surface area contributed by atoms with Crippen LogP contribution in [-0.4, -0.2) is 24.3 Å². The molecule has 1 atom stereocenters. The monoisotopic (exact) mass is 426 g/mol. The molecule has 2 rings (SSSR count). The van der Waals surface area contributed by atoms with Gasteiger partial charge in [0.15, 0.2) is 0 Å². The molecule has 1 aliphatic carbocycles. The molecule has 31 heavy (non-hydrogen) atoms. The summed E-state index contributed by atoms with van der Waals surface area (Å²) in [5.41, 5.74) is 3.12. The van der Waals surface area contributed by atoms with Crippen molar-refractivity contribution in [2.24, 2.45) is 17.8 Å². The average molecular weight is 427 g/mol. The number of hydrogen-bond donors (Lipinski definition) is 1. The molecule has 0 bridgehead atoms. The van der Waals surface area contributed by atoms with Crippen LogP contribution in [0.2, 0.25) is 0 Å². The zero-order chi connectivity index (χ0) is 22.5. The van der Waals surface area contributed by atoms with E-state index in [2.05, 4.69) is 49.9 Å². The Morgan fingerprint density at radius 1 is 1.13 bits per heavy atom. The molecule has 1 aromatic carbocycles. The van der Waals surface area contributed by atoms with E-state index in [1.807, 2.05) is 0 Å². The van der Waals surface area contributed by atoms with Gasteiger partial charge in [0.05, 0.1) is 6.61 Å². The van der Waals surface area contributed by atoms with Crippen LogP contribution < -0.4 is 0 Å². The summed E-state index contributed by atoms with van der Waals surface area (Å²) in [5.74, 6) is 0.677. The van der Waals surface area contributed by atoms with E-state index < -0.39 is 0 Å². The minimum absolute atomic E-state index is 0.0303. The van der Waals surface area contributed by atoms with E-state index in [1.165, 1.54) is 49.7 Å². The lowest BCUT2D eigenvalue weighted by Crippen LogP contribution is -2.28. The van der Waals surface area contributed by atoms with Crippen LogP contribution in [0.1, 0.15) is 82.8 Å². The number of aliphatic hydroxyl groups is 1. The number of unbranched alkanes of at least 4 members (excludes halogenated alkanes) is 4. The smallest absolute Gasteiger partial charge is 0.333 e. The maximum atomic E-state index is 11.6. The van der Waals surface area contributed by atoms with Gasteiger partial charge in [-0.15, -0.1) is 0 Å². The summed E-state index contributed by atoms with van der Waals surface area (Å²) in [7, 11) is 0. The lowest BCUT2D eigenvalue weighted by atomic mass is 9.76. The van der Waals surface area contributed by atoms with Crippen LogP contribution in [-0.2, 0) is 16.0 Å². The minimum atomic E-state index is -0.363. The molecule has 0 amide bonds. The average Bonchev–Trinajstić information content (AvgIpc) is 2.79. The Balaban J connectivity index is 1.72. The van der Waals surface area contributed by atoms with Crippen LogP contribution in [0.25, 0.3) is 6.08 Å². The number of esters is 1. The van der Waals surface area contributed by atoms with E-state index in [9.17, 15) is 9.90 Å². The van der Waals surface area contributed by atoms with Gasteiger partial charge in [-0.05, 0) is 68.4 Å². The lowest BCUT2D eigenvalue weighted by molar-refractivity contribution is -0.141. The zero-order valence-corrected chi connectivity index (χ0v) is 19.7. The summed E-state index contributed by atoms with van der Waals surface area (Å²) in [6.07, 6.45) is 16.8. The van der Waals surface area contributed by atoms with Crippen LogP contribution >= 0.6 is 0 Å². The van der Waals surface area contributed by atoms with Crippen LogP contribution in [0.5, 0.6) is 0 Å². The van der Waals surface area contributed by atoms with Crippen LogP contribution in [0.4, 0.5) is 0 Å². The first kappa shape index (κ1) is 25.4. The van der Waals surface area contributed by atoms with Gasteiger partial charge in [-0.2, -0.15) is 0 Å². The Bertz CT molecular complexity index is 681. The Labute approximate surface area is 189 Å². The van der Waals surface area contributed by atoms with Crippen molar-refractivity contribution >= 4 is 12.0 Å². The largest absolute Gasteiger partial charge is 0.462 e. The zero-order valence-electron chi connectivity index (χ0n) is 19.7. The van der Waals surface area contributed by atoms with Crippen molar-refractivity contribution in [2.45, 2.75) is 78.1 Å². The van der Waals surface area contributed by atoms with Crippen molar-refractivity contribution in [3.05, 3.63) is 53.6 Å². The van der Waals surface area contributed by atoms with Crippen LogP contribution in [0.3, 0.4) is 0 Å². The highest BCUT2D eigenvalue weighted by Crippen LogP contribution is 2.34. The van der Waals surface area contributed by atoms with E-state index in [-0.39, 0.29) is 25.1 Å². The third-order valence-electron chi connectivity index (χ3n) is 6.60. The molecule has 0 aromatic heterocycles. The van der Waals surface area contributed by atoms with Gasteiger partial charge in [-0.1, -0.05) is 75.6 Å². The third kappa shape index (κ3) is 9.43. The molecule has 0 aliphatic heterocycles. The number of aryl methyl sites for hydroxylation is 1. The SMILES string of the molecule is C=C(C)C(=O)OCC(CO)C1CCC(/C=C/c2ccc(CCCCCCC)cc2)CC1. The summed E-state index contributed by atoms with van der Waals surface area (Å²) >= 11 is 0. The Morgan fingerprint density at radius 3 is 2.42 bits per heavy atom. The predicted octanol–water partition coefficient (Wildman–Crippen LogP) is 6.75. The number of rotatable bonds is 13. The maximum Gasteiger partial charge on any atom is 0.333 e. The number of benzene rings is 1. The molecule has 3 nitrogen and oxygen atoms in total. The molecule has 0 heterocycles. The predicted molar refractivity (Wildman–Crippen MR) is 130 cm³/mol. The summed E-state index contributed by atoms with van der Waals surface area (Å²) in [5, 5.41) is 9.73. The first-order chi connectivity index (χ1) is 15.0. The Kier molecular flexibility index (Phi) is 11.7. The highest BCUT2D eigenvalue weighted by Gasteiger charge is 2.27. The minimum Gasteiger partial charge on any atom is -0.462 e. The fourth-order valence-electron chi connectivity index (χ4n) is 4.43. The number of ether oxygens (including phenoxy) is 1. The lowest BCUT2D eigenvalue weighted by Gasteiger charge is -2.31. The summed E-state index contributed by atoms with van der Waals surface area (Å²) in [4.78, 5) is 11.6. The van der Waals surface area contributed by atoms with Gasteiger partial charge in [0.2, 0.25) is 0 Å². The van der Waals surface area contributed by atoms with Crippen molar-refractivity contribution in [1.82, 2.24) is 0 Å². The molecule has 0 spiro atoms. The summed E-state index contributed by atoms with van der Waals surface area (Å²) < 4.78 is 5.28. The quantitative estimate of drug-likeness (QED) is 0.216. The number of carbonyl (C=O) groups is 1. The van der Waals surface area contributed by atoms with Crippen molar-refractivity contribution in [3.63, 3.8) is 0 Å². The van der Waals surface area contributed by atoms with Gasteiger partial charge in [0.25, 0.3) is 0 Å². The van der Waals surface area contributed by atoms with Crippen molar-refractivity contribution in [2.75, 3.05) is 13.2 Å². The standard InChI is InChI=1S/C28H42O3/c1-4-5-6-7-8-9-23-10-12-24(13-11-23)14-15-25-16-18-26(19-17-25)27(20-29)21-31-28(30)22(2)3/h10-15,25-27,29H,2,4-9,16-21H2,1,3H3/b15-14+. The van der Waals surface area contributed by atoms with Gasteiger partial charge in [0.1, 0.15) is 0 Å². The maximum absolute atomic E-state index is 11.6. The van der Waals surface area contributed by atoms with Gasteiger partial charge >= 0.3 is 5.97 Å². The second-order valence-electron chi connectivity index (χ2n) is 9.26. The number of aliphatic hydroxyl groups excluding tert-OH is 1. The van der Waals surface area contributed by atoms with Gasteiger partial charge in [-0.3, -0.25) is 0 Å². The molecule has 1 fully saturated rings. The molecule has 3 heteroatoms. The Hall–Kier alpha value is -1.87. The molecular weight excluding hydrogens is 384 g/mol. The first-order valence-corrected chi connectivity index (χ1v) is 12.2. The number of allylic oxidation sites excluding steroid dienone is 1.